The van der Waals surface area contributed by atoms with Crippen molar-refractivity contribution in [3.05, 3.63) is 63.1 Å². The fourth-order valence-electron chi connectivity index (χ4n) is 3.58. The number of nitrogens with one attached hydrogen (secondary N) is 2. The third kappa shape index (κ3) is 4.84. The Balaban J connectivity index is 1.47. The SMILES string of the molecule is COc1ccc(C)cc1NC(=O)N1CCC[C@@H]1c1nnc(C(=O)Nc2cccc(Cl)c2)s1. The maximum Gasteiger partial charge on any atom is 0.322 e. The van der Waals surface area contributed by atoms with E-state index in [1.54, 1.807) is 36.3 Å². The second kappa shape index (κ2) is 9.54. The summed E-state index contributed by atoms with van der Waals surface area (Å²) in [6, 6.07) is 12.0. The Labute approximate surface area is 194 Å². The Bertz CT molecular complexity index is 1150. The van der Waals surface area contributed by atoms with Crippen LogP contribution < -0.4 is 15.4 Å². The van der Waals surface area contributed by atoms with Gasteiger partial charge in [0.15, 0.2) is 0 Å². The molecule has 2 N–H and O–H groups in total. The summed E-state index contributed by atoms with van der Waals surface area (Å²) in [5.74, 6) is 0.227. The van der Waals surface area contributed by atoms with Crippen LogP contribution in [0.5, 0.6) is 5.75 Å². The van der Waals surface area contributed by atoms with E-state index in [2.05, 4.69) is 20.8 Å². The van der Waals surface area contributed by atoms with Gasteiger partial charge in [0.2, 0.25) is 5.01 Å². The van der Waals surface area contributed by atoms with Crippen LogP contribution in [0.1, 0.15) is 39.3 Å². The summed E-state index contributed by atoms with van der Waals surface area (Å²) in [5, 5.41) is 15.3. The second-order valence-corrected chi connectivity index (χ2v) is 8.84. The zero-order valence-corrected chi connectivity index (χ0v) is 19.2. The van der Waals surface area contributed by atoms with Crippen molar-refractivity contribution in [1.29, 1.82) is 0 Å². The highest BCUT2D eigenvalue weighted by Gasteiger charge is 2.33. The van der Waals surface area contributed by atoms with Gasteiger partial charge >= 0.3 is 6.03 Å². The van der Waals surface area contributed by atoms with E-state index < -0.39 is 0 Å². The van der Waals surface area contributed by atoms with Crippen LogP contribution in [0.3, 0.4) is 0 Å². The van der Waals surface area contributed by atoms with Crippen molar-refractivity contribution in [2.45, 2.75) is 25.8 Å². The minimum Gasteiger partial charge on any atom is -0.495 e. The average molecular weight is 472 g/mol. The van der Waals surface area contributed by atoms with Gasteiger partial charge in [-0.2, -0.15) is 0 Å². The van der Waals surface area contributed by atoms with Crippen LogP contribution in [0, 0.1) is 6.92 Å². The standard InChI is InChI=1S/C22H22ClN5O3S/c1-13-8-9-18(31-2)16(11-13)25-22(30)28-10-4-7-17(28)20-26-27-21(32-20)19(29)24-15-6-3-5-14(23)12-15/h3,5-6,8-9,11-12,17H,4,7,10H2,1-2H3,(H,24,29)(H,25,30)/t17-/m1/s1. The summed E-state index contributed by atoms with van der Waals surface area (Å²) in [6.07, 6.45) is 1.59. The minimum atomic E-state index is -0.366. The summed E-state index contributed by atoms with van der Waals surface area (Å²) in [6.45, 7) is 2.54. The molecule has 0 saturated carbocycles. The number of amides is 3. The van der Waals surface area contributed by atoms with Crippen LogP contribution in [-0.4, -0.2) is 40.7 Å². The lowest BCUT2D eigenvalue weighted by Crippen LogP contribution is -2.34. The molecule has 0 spiro atoms. The van der Waals surface area contributed by atoms with Crippen LogP contribution in [0.2, 0.25) is 5.02 Å². The molecule has 10 heteroatoms. The van der Waals surface area contributed by atoms with Crippen molar-refractivity contribution < 1.29 is 14.3 Å². The van der Waals surface area contributed by atoms with Crippen molar-refractivity contribution in [3.63, 3.8) is 0 Å². The molecule has 2 aromatic carbocycles. The molecule has 1 aliphatic heterocycles. The maximum absolute atomic E-state index is 13.0. The predicted molar refractivity (Wildman–Crippen MR) is 125 cm³/mol. The van der Waals surface area contributed by atoms with Gasteiger partial charge in [-0.25, -0.2) is 4.79 Å². The topological polar surface area (TPSA) is 96.4 Å². The van der Waals surface area contributed by atoms with E-state index in [0.717, 1.165) is 18.4 Å². The van der Waals surface area contributed by atoms with Gasteiger partial charge in [-0.05, 0) is 55.7 Å². The Hall–Kier alpha value is -3.17. The van der Waals surface area contributed by atoms with Crippen LogP contribution in [0.4, 0.5) is 16.2 Å². The van der Waals surface area contributed by atoms with Gasteiger partial charge in [-0.1, -0.05) is 35.1 Å². The molecule has 166 valence electrons. The quantitative estimate of drug-likeness (QED) is 0.537. The van der Waals surface area contributed by atoms with Gasteiger partial charge in [-0.15, -0.1) is 10.2 Å². The highest BCUT2D eigenvalue weighted by Crippen LogP contribution is 2.35. The van der Waals surface area contributed by atoms with Gasteiger partial charge in [0.25, 0.3) is 5.91 Å². The molecular weight excluding hydrogens is 450 g/mol. The van der Waals surface area contributed by atoms with E-state index in [9.17, 15) is 9.59 Å². The number of carbonyl (C=O) groups is 2. The van der Waals surface area contributed by atoms with Crippen LogP contribution in [0.25, 0.3) is 0 Å². The molecule has 0 radical (unpaired) electrons. The summed E-state index contributed by atoms with van der Waals surface area (Å²) in [7, 11) is 1.57. The molecule has 1 aromatic heterocycles. The molecule has 0 unspecified atom stereocenters. The van der Waals surface area contributed by atoms with Gasteiger partial charge in [0.05, 0.1) is 18.8 Å². The molecular formula is C22H22ClN5O3S. The molecule has 32 heavy (non-hydrogen) atoms. The summed E-state index contributed by atoms with van der Waals surface area (Å²) < 4.78 is 5.35. The zero-order valence-electron chi connectivity index (χ0n) is 17.6. The largest absolute Gasteiger partial charge is 0.495 e. The number of hydrogen-bond donors (Lipinski definition) is 2. The number of anilines is 2. The number of likely N-dealkylation sites (tertiary alicyclic amines) is 1. The second-order valence-electron chi connectivity index (χ2n) is 7.40. The maximum atomic E-state index is 13.0. The fraction of sp³-hybridized carbons (Fsp3) is 0.273. The zero-order chi connectivity index (χ0) is 22.7. The van der Waals surface area contributed by atoms with E-state index in [4.69, 9.17) is 16.3 Å². The normalized spacial score (nSPS) is 15.5. The van der Waals surface area contributed by atoms with Crippen LogP contribution >= 0.6 is 22.9 Å². The number of aryl methyl sites for hydroxylation is 1. The highest BCUT2D eigenvalue weighted by atomic mass is 35.5. The number of hydrogen-bond acceptors (Lipinski definition) is 6. The predicted octanol–water partition coefficient (Wildman–Crippen LogP) is 5.13. The molecule has 1 saturated heterocycles. The fourth-order valence-corrected chi connectivity index (χ4v) is 4.66. The number of nitrogens with zero attached hydrogens (tertiary/aromatic N) is 3. The van der Waals surface area contributed by atoms with E-state index in [-0.39, 0.29) is 23.0 Å². The van der Waals surface area contributed by atoms with Crippen molar-refractivity contribution >= 4 is 46.3 Å². The lowest BCUT2D eigenvalue weighted by Gasteiger charge is -2.23. The number of rotatable bonds is 5. The van der Waals surface area contributed by atoms with E-state index in [1.807, 2.05) is 25.1 Å². The lowest BCUT2D eigenvalue weighted by atomic mass is 10.2. The van der Waals surface area contributed by atoms with Crippen molar-refractivity contribution in [3.8, 4) is 5.75 Å². The molecule has 1 fully saturated rings. The Kier molecular flexibility index (Phi) is 6.57. The summed E-state index contributed by atoms with van der Waals surface area (Å²) >= 11 is 7.15. The van der Waals surface area contributed by atoms with Crippen LogP contribution in [-0.2, 0) is 0 Å². The van der Waals surface area contributed by atoms with Gasteiger partial charge in [-0.3, -0.25) is 4.79 Å². The third-order valence-electron chi connectivity index (χ3n) is 5.11. The van der Waals surface area contributed by atoms with E-state index in [0.29, 0.717) is 33.7 Å². The Morgan fingerprint density at radius 2 is 2.03 bits per heavy atom. The number of ether oxygens (including phenoxy) is 1. The first-order chi connectivity index (χ1) is 15.4. The van der Waals surface area contributed by atoms with Gasteiger partial charge in [0.1, 0.15) is 10.8 Å². The summed E-state index contributed by atoms with van der Waals surface area (Å²) in [4.78, 5) is 27.3. The van der Waals surface area contributed by atoms with Crippen molar-refractivity contribution in [2.24, 2.45) is 0 Å². The molecule has 1 aliphatic rings. The molecule has 8 nitrogen and oxygen atoms in total. The number of halogens is 1. The summed E-state index contributed by atoms with van der Waals surface area (Å²) in [5.41, 5.74) is 2.20. The van der Waals surface area contributed by atoms with E-state index in [1.165, 1.54) is 11.3 Å². The Morgan fingerprint density at radius 3 is 2.81 bits per heavy atom. The lowest BCUT2D eigenvalue weighted by molar-refractivity contribution is 0.102. The van der Waals surface area contributed by atoms with Crippen LogP contribution in [0.15, 0.2) is 42.5 Å². The number of benzene rings is 2. The van der Waals surface area contributed by atoms with Gasteiger partial charge in [0, 0.05) is 17.3 Å². The molecule has 2 heterocycles. The average Bonchev–Trinajstić information content (AvgIpc) is 3.43. The molecule has 3 amide bonds. The van der Waals surface area contributed by atoms with E-state index >= 15 is 0 Å². The number of carbonyl (C=O) groups excluding carboxylic acids is 2. The van der Waals surface area contributed by atoms with Gasteiger partial charge < -0.3 is 20.3 Å². The highest BCUT2D eigenvalue weighted by molar-refractivity contribution is 7.13. The molecule has 4 rings (SSSR count). The molecule has 0 aliphatic carbocycles. The van der Waals surface area contributed by atoms with Crippen molar-refractivity contribution in [1.82, 2.24) is 15.1 Å². The molecule has 0 bridgehead atoms. The number of urea groups is 1. The number of methoxy groups -OCH3 is 1. The first kappa shape index (κ1) is 22.0. The monoisotopic (exact) mass is 471 g/mol. The van der Waals surface area contributed by atoms with Crippen molar-refractivity contribution in [2.75, 3.05) is 24.3 Å². The number of aromatic nitrogens is 2. The smallest absolute Gasteiger partial charge is 0.322 e. The molecule has 1 atom stereocenters. The third-order valence-corrected chi connectivity index (χ3v) is 6.37. The first-order valence-electron chi connectivity index (χ1n) is 10.1. The Morgan fingerprint density at radius 1 is 1.19 bits per heavy atom. The first-order valence-corrected chi connectivity index (χ1v) is 11.3. The molecule has 3 aromatic rings. The minimum absolute atomic E-state index is 0.229.